The number of piperidine rings is 1. The number of rotatable bonds is 7. The number of hydrogen-bond donors (Lipinski definition) is 1. The molecule has 1 fully saturated rings. The summed E-state index contributed by atoms with van der Waals surface area (Å²) in [7, 11) is -1.96. The summed E-state index contributed by atoms with van der Waals surface area (Å²) in [6.07, 6.45) is 0.444. The molecule has 0 radical (unpaired) electrons. The van der Waals surface area contributed by atoms with Crippen LogP contribution in [-0.4, -0.2) is 64.0 Å². The Morgan fingerprint density at radius 3 is 2.65 bits per heavy atom. The van der Waals surface area contributed by atoms with Gasteiger partial charge in [0.1, 0.15) is 0 Å². The van der Waals surface area contributed by atoms with E-state index in [1.165, 1.54) is 15.6 Å². The van der Waals surface area contributed by atoms with Gasteiger partial charge in [0, 0.05) is 36.6 Å². The van der Waals surface area contributed by atoms with Gasteiger partial charge in [-0.1, -0.05) is 0 Å². The Kier molecular flexibility index (Phi) is 6.58. The minimum atomic E-state index is -3.56. The summed E-state index contributed by atoms with van der Waals surface area (Å²) in [6, 6.07) is 1.72. The van der Waals surface area contributed by atoms with E-state index < -0.39 is 10.0 Å². The number of sulfonamides is 1. The molecule has 0 saturated carbocycles. The Balaban J connectivity index is 2.17. The van der Waals surface area contributed by atoms with Crippen LogP contribution in [0.25, 0.3) is 0 Å². The van der Waals surface area contributed by atoms with E-state index in [1.807, 2.05) is 13.8 Å². The highest BCUT2D eigenvalue weighted by Gasteiger charge is 2.36. The summed E-state index contributed by atoms with van der Waals surface area (Å²) in [4.78, 5) is 2.14. The molecule has 6 nitrogen and oxygen atoms in total. The molecule has 1 saturated heterocycles. The molecule has 0 aromatic carbocycles. The lowest BCUT2D eigenvalue weighted by Crippen LogP contribution is -2.48. The van der Waals surface area contributed by atoms with E-state index in [-0.39, 0.29) is 18.6 Å². The van der Waals surface area contributed by atoms with E-state index in [0.717, 1.165) is 9.75 Å². The SMILES string of the molecule is COCCOC1CC(CO)CN(S(=O)(=O)c2cc(C)sc2C)C1. The van der Waals surface area contributed by atoms with Gasteiger partial charge < -0.3 is 14.6 Å². The van der Waals surface area contributed by atoms with Gasteiger partial charge in [-0.05, 0) is 32.3 Å². The maximum Gasteiger partial charge on any atom is 0.244 e. The molecule has 8 heteroatoms. The molecule has 132 valence electrons. The third-order valence-corrected chi connectivity index (χ3v) is 7.03. The van der Waals surface area contributed by atoms with Gasteiger partial charge in [-0.25, -0.2) is 8.42 Å². The number of hydrogen-bond acceptors (Lipinski definition) is 6. The number of aliphatic hydroxyl groups is 1. The second-order valence-electron chi connectivity index (χ2n) is 5.87. The second-order valence-corrected chi connectivity index (χ2v) is 9.24. The quantitative estimate of drug-likeness (QED) is 0.741. The zero-order chi connectivity index (χ0) is 17.0. The summed E-state index contributed by atoms with van der Waals surface area (Å²) in [5.41, 5.74) is 0. The van der Waals surface area contributed by atoms with Crippen molar-refractivity contribution in [3.8, 4) is 0 Å². The highest BCUT2D eigenvalue weighted by Crippen LogP contribution is 2.30. The van der Waals surface area contributed by atoms with Gasteiger partial charge >= 0.3 is 0 Å². The lowest BCUT2D eigenvalue weighted by atomic mass is 9.98. The predicted octanol–water partition coefficient (Wildman–Crippen LogP) is 1.40. The molecule has 1 N–H and O–H groups in total. The zero-order valence-electron chi connectivity index (χ0n) is 13.8. The van der Waals surface area contributed by atoms with Crippen molar-refractivity contribution in [1.82, 2.24) is 4.31 Å². The van der Waals surface area contributed by atoms with Gasteiger partial charge in [0.15, 0.2) is 0 Å². The minimum Gasteiger partial charge on any atom is -0.396 e. The van der Waals surface area contributed by atoms with Gasteiger partial charge in [0.25, 0.3) is 0 Å². The average molecular weight is 364 g/mol. The first-order valence-electron chi connectivity index (χ1n) is 7.67. The van der Waals surface area contributed by atoms with Crippen LogP contribution in [0.3, 0.4) is 0 Å². The third-order valence-electron chi connectivity index (χ3n) is 3.98. The molecule has 2 unspecified atom stereocenters. The summed E-state index contributed by atoms with van der Waals surface area (Å²) < 4.78 is 38.0. The third kappa shape index (κ3) is 4.52. The molecule has 0 bridgehead atoms. The molecule has 1 aromatic rings. The van der Waals surface area contributed by atoms with Gasteiger partial charge in [-0.3, -0.25) is 0 Å². The zero-order valence-corrected chi connectivity index (χ0v) is 15.5. The highest BCUT2D eigenvalue weighted by molar-refractivity contribution is 7.89. The highest BCUT2D eigenvalue weighted by atomic mass is 32.2. The summed E-state index contributed by atoms with van der Waals surface area (Å²) >= 11 is 1.48. The van der Waals surface area contributed by atoms with Crippen molar-refractivity contribution in [2.24, 2.45) is 5.92 Å². The van der Waals surface area contributed by atoms with Crippen LogP contribution in [0.1, 0.15) is 16.2 Å². The first-order chi connectivity index (χ1) is 10.9. The molecule has 23 heavy (non-hydrogen) atoms. The smallest absolute Gasteiger partial charge is 0.244 e. The Hall–Kier alpha value is -0.510. The molecule has 1 aliphatic rings. The second kappa shape index (κ2) is 8.04. The topological polar surface area (TPSA) is 76.1 Å². The maximum atomic E-state index is 12.9. The van der Waals surface area contributed by atoms with Crippen LogP contribution in [-0.2, 0) is 19.5 Å². The Labute approximate surface area is 142 Å². The molecule has 0 amide bonds. The Bertz CT molecular complexity index is 613. The van der Waals surface area contributed by atoms with E-state index in [1.54, 1.807) is 13.2 Å². The monoisotopic (exact) mass is 363 g/mol. The number of methoxy groups -OCH3 is 1. The Morgan fingerprint density at radius 2 is 2.09 bits per heavy atom. The van der Waals surface area contributed by atoms with Crippen LogP contribution in [0.4, 0.5) is 0 Å². The summed E-state index contributed by atoms with van der Waals surface area (Å²) in [5.74, 6) is -0.105. The fourth-order valence-electron chi connectivity index (χ4n) is 2.86. The molecular formula is C15H25NO5S2. The van der Waals surface area contributed by atoms with Crippen LogP contribution in [0.15, 0.2) is 11.0 Å². The number of aryl methyl sites for hydroxylation is 2. The number of ether oxygens (including phenoxy) is 2. The normalized spacial score (nSPS) is 23.3. The van der Waals surface area contributed by atoms with Gasteiger partial charge in [-0.15, -0.1) is 11.3 Å². The first kappa shape index (κ1) is 18.8. The maximum absolute atomic E-state index is 12.9. The van der Waals surface area contributed by atoms with Crippen LogP contribution >= 0.6 is 11.3 Å². The molecule has 1 aromatic heterocycles. The van der Waals surface area contributed by atoms with Crippen LogP contribution < -0.4 is 0 Å². The van der Waals surface area contributed by atoms with Crippen LogP contribution in [0.2, 0.25) is 0 Å². The predicted molar refractivity (Wildman–Crippen MR) is 89.4 cm³/mol. The fraction of sp³-hybridized carbons (Fsp3) is 0.733. The average Bonchev–Trinajstić information content (AvgIpc) is 2.86. The van der Waals surface area contributed by atoms with E-state index in [9.17, 15) is 13.5 Å². The van der Waals surface area contributed by atoms with Gasteiger partial charge in [0.05, 0.1) is 24.2 Å². The van der Waals surface area contributed by atoms with Crippen molar-refractivity contribution in [2.45, 2.75) is 31.3 Å². The van der Waals surface area contributed by atoms with E-state index in [4.69, 9.17) is 9.47 Å². The summed E-state index contributed by atoms with van der Waals surface area (Å²) in [6.45, 7) is 5.22. The molecule has 0 aliphatic carbocycles. The molecular weight excluding hydrogens is 338 g/mol. The first-order valence-corrected chi connectivity index (χ1v) is 9.92. The standard InChI is InChI=1S/C15H25NO5S2/c1-11-6-15(12(2)22-11)23(18,19)16-8-13(10-17)7-14(9-16)21-5-4-20-3/h6,13-14,17H,4-5,7-10H2,1-3H3. The molecule has 2 rings (SSSR count). The fourth-order valence-corrected chi connectivity index (χ4v) is 5.93. The van der Waals surface area contributed by atoms with E-state index >= 15 is 0 Å². The van der Waals surface area contributed by atoms with Crippen molar-refractivity contribution >= 4 is 21.4 Å². The Morgan fingerprint density at radius 1 is 1.35 bits per heavy atom. The van der Waals surface area contributed by atoms with Crippen molar-refractivity contribution in [3.63, 3.8) is 0 Å². The van der Waals surface area contributed by atoms with Crippen molar-refractivity contribution < 1.29 is 23.0 Å². The molecule has 2 atom stereocenters. The lowest BCUT2D eigenvalue weighted by Gasteiger charge is -2.36. The van der Waals surface area contributed by atoms with E-state index in [2.05, 4.69) is 0 Å². The largest absolute Gasteiger partial charge is 0.396 e. The van der Waals surface area contributed by atoms with Crippen LogP contribution in [0.5, 0.6) is 0 Å². The van der Waals surface area contributed by atoms with E-state index in [0.29, 0.717) is 37.6 Å². The molecule has 2 heterocycles. The summed E-state index contributed by atoms with van der Waals surface area (Å²) in [5, 5.41) is 9.49. The number of aliphatic hydroxyl groups excluding tert-OH is 1. The van der Waals surface area contributed by atoms with Crippen molar-refractivity contribution in [1.29, 1.82) is 0 Å². The van der Waals surface area contributed by atoms with Crippen LogP contribution in [0, 0.1) is 19.8 Å². The number of nitrogens with zero attached hydrogens (tertiary/aromatic N) is 1. The van der Waals surface area contributed by atoms with Crippen molar-refractivity contribution in [3.05, 3.63) is 15.8 Å². The number of thiophene rings is 1. The molecule has 0 spiro atoms. The molecule has 1 aliphatic heterocycles. The lowest BCUT2D eigenvalue weighted by molar-refractivity contribution is -0.0265. The van der Waals surface area contributed by atoms with Gasteiger partial charge in [-0.2, -0.15) is 4.31 Å². The minimum absolute atomic E-state index is 0.0438. The van der Waals surface area contributed by atoms with Gasteiger partial charge in [0.2, 0.25) is 10.0 Å². The van der Waals surface area contributed by atoms with Crippen molar-refractivity contribution in [2.75, 3.05) is 40.0 Å².